The van der Waals surface area contributed by atoms with Gasteiger partial charge in [-0.05, 0) is 49.6 Å². The summed E-state index contributed by atoms with van der Waals surface area (Å²) in [6.07, 6.45) is 0.0911. The highest BCUT2D eigenvalue weighted by Crippen LogP contribution is 2.27. The van der Waals surface area contributed by atoms with Gasteiger partial charge in [-0.1, -0.05) is 36.4 Å². The van der Waals surface area contributed by atoms with E-state index in [-0.39, 0.29) is 37.4 Å². The van der Waals surface area contributed by atoms with Gasteiger partial charge in [0.1, 0.15) is 0 Å². The van der Waals surface area contributed by atoms with Crippen LogP contribution in [0.25, 0.3) is 0 Å². The van der Waals surface area contributed by atoms with Crippen molar-refractivity contribution >= 4 is 23.5 Å². The molecule has 0 radical (unpaired) electrons. The Labute approximate surface area is 170 Å². The minimum Gasteiger partial charge on any atom is -0.455 e. The van der Waals surface area contributed by atoms with E-state index in [0.717, 1.165) is 22.4 Å². The van der Waals surface area contributed by atoms with Crippen LogP contribution in [0.5, 0.6) is 0 Å². The lowest BCUT2D eigenvalue weighted by Gasteiger charge is -2.18. The van der Waals surface area contributed by atoms with Crippen molar-refractivity contribution < 1.29 is 19.1 Å². The molecule has 0 spiro atoms. The zero-order chi connectivity index (χ0) is 21.0. The first-order valence-electron chi connectivity index (χ1n) is 9.73. The van der Waals surface area contributed by atoms with Gasteiger partial charge >= 0.3 is 5.97 Å². The highest BCUT2D eigenvalue weighted by Gasteiger charge is 2.36. The summed E-state index contributed by atoms with van der Waals surface area (Å²) in [5, 5.41) is 2.80. The summed E-state index contributed by atoms with van der Waals surface area (Å²) in [4.78, 5) is 38.5. The summed E-state index contributed by atoms with van der Waals surface area (Å²) in [5.74, 6) is -1.57. The number of esters is 1. The van der Waals surface area contributed by atoms with Crippen LogP contribution in [0.4, 0.5) is 5.69 Å². The first kappa shape index (κ1) is 20.6. The molecule has 29 heavy (non-hydrogen) atoms. The molecule has 1 heterocycles. The van der Waals surface area contributed by atoms with Crippen molar-refractivity contribution in [2.45, 2.75) is 33.2 Å². The van der Waals surface area contributed by atoms with Gasteiger partial charge in [-0.15, -0.1) is 0 Å². The predicted molar refractivity (Wildman–Crippen MR) is 110 cm³/mol. The number of benzene rings is 2. The fourth-order valence-electron chi connectivity index (χ4n) is 3.58. The predicted octanol–water partition coefficient (Wildman–Crippen LogP) is 3.08. The van der Waals surface area contributed by atoms with Crippen molar-refractivity contribution in [2.75, 3.05) is 18.1 Å². The molecular formula is C23H26N2O4. The van der Waals surface area contributed by atoms with Gasteiger partial charge in [-0.2, -0.15) is 0 Å². The van der Waals surface area contributed by atoms with Crippen LogP contribution in [0.3, 0.4) is 0 Å². The van der Waals surface area contributed by atoms with E-state index in [9.17, 15) is 14.4 Å². The van der Waals surface area contributed by atoms with E-state index in [1.165, 1.54) is 0 Å². The molecule has 2 atom stereocenters. The van der Waals surface area contributed by atoms with Crippen LogP contribution >= 0.6 is 0 Å². The molecule has 1 aliphatic heterocycles. The number of hydrogen-bond donors (Lipinski definition) is 1. The normalized spacial score (nSPS) is 17.1. The average Bonchev–Trinajstić information content (AvgIpc) is 3.08. The van der Waals surface area contributed by atoms with Crippen molar-refractivity contribution in [3.8, 4) is 0 Å². The Hall–Kier alpha value is -3.15. The van der Waals surface area contributed by atoms with E-state index >= 15 is 0 Å². The van der Waals surface area contributed by atoms with Crippen LogP contribution < -0.4 is 10.2 Å². The van der Waals surface area contributed by atoms with Crippen LogP contribution in [0, 0.1) is 19.8 Å². The lowest BCUT2D eigenvalue weighted by Crippen LogP contribution is -2.32. The largest absolute Gasteiger partial charge is 0.455 e. The second-order valence-electron chi connectivity index (χ2n) is 7.56. The Bertz CT molecular complexity index is 890. The fourth-order valence-corrected chi connectivity index (χ4v) is 3.58. The third kappa shape index (κ3) is 5.22. The van der Waals surface area contributed by atoms with E-state index in [1.54, 1.807) is 4.90 Å². The van der Waals surface area contributed by atoms with Gasteiger partial charge in [0.2, 0.25) is 5.91 Å². The van der Waals surface area contributed by atoms with Crippen LogP contribution in [0.15, 0.2) is 48.5 Å². The monoisotopic (exact) mass is 394 g/mol. The maximum Gasteiger partial charge on any atom is 0.311 e. The van der Waals surface area contributed by atoms with Crippen LogP contribution in [0.2, 0.25) is 0 Å². The molecule has 1 N–H and O–H groups in total. The van der Waals surface area contributed by atoms with Crippen molar-refractivity contribution in [3.05, 3.63) is 65.2 Å². The molecule has 1 saturated heterocycles. The van der Waals surface area contributed by atoms with Gasteiger partial charge in [0.25, 0.3) is 5.91 Å². The average molecular weight is 394 g/mol. The number of anilines is 1. The van der Waals surface area contributed by atoms with E-state index < -0.39 is 11.9 Å². The number of ether oxygens (including phenoxy) is 1. The second-order valence-corrected chi connectivity index (χ2v) is 7.56. The summed E-state index contributed by atoms with van der Waals surface area (Å²) in [5.41, 5.74) is 3.88. The number of nitrogens with one attached hydrogen (secondary N) is 1. The molecule has 1 fully saturated rings. The van der Waals surface area contributed by atoms with Crippen molar-refractivity contribution in [3.63, 3.8) is 0 Å². The third-order valence-corrected chi connectivity index (χ3v) is 5.00. The summed E-state index contributed by atoms with van der Waals surface area (Å²) >= 11 is 0. The quantitative estimate of drug-likeness (QED) is 0.764. The molecule has 2 aromatic carbocycles. The molecule has 152 valence electrons. The standard InChI is InChI=1S/C23H26N2O4/c1-15-9-16(2)11-20(10-15)25-13-19(12-22(25)27)23(28)29-14-21(26)24-17(3)18-7-5-4-6-8-18/h4-11,17,19H,12-14H2,1-3H3,(H,24,26)/t17-,19-/m1/s1. The summed E-state index contributed by atoms with van der Waals surface area (Å²) in [6.45, 7) is 5.72. The maximum atomic E-state index is 12.4. The number of carbonyl (C=O) groups excluding carboxylic acids is 3. The maximum absolute atomic E-state index is 12.4. The van der Waals surface area contributed by atoms with Gasteiger partial charge in [0, 0.05) is 18.7 Å². The number of nitrogens with zero attached hydrogens (tertiary/aromatic N) is 1. The Kier molecular flexibility index (Phi) is 6.32. The van der Waals surface area contributed by atoms with E-state index in [0.29, 0.717) is 0 Å². The summed E-state index contributed by atoms with van der Waals surface area (Å²) in [7, 11) is 0. The van der Waals surface area contributed by atoms with Crippen molar-refractivity contribution in [2.24, 2.45) is 5.92 Å². The topological polar surface area (TPSA) is 75.7 Å². The zero-order valence-corrected chi connectivity index (χ0v) is 17.0. The van der Waals surface area contributed by atoms with Gasteiger partial charge in [-0.3, -0.25) is 14.4 Å². The minimum atomic E-state index is -0.567. The van der Waals surface area contributed by atoms with Crippen molar-refractivity contribution in [1.29, 1.82) is 0 Å². The van der Waals surface area contributed by atoms with Crippen LogP contribution in [-0.2, 0) is 19.1 Å². The first-order chi connectivity index (χ1) is 13.8. The molecule has 1 aliphatic rings. The Morgan fingerprint density at radius 1 is 1.14 bits per heavy atom. The SMILES string of the molecule is Cc1cc(C)cc(N2C[C@H](C(=O)OCC(=O)N[C@H](C)c3ccccc3)CC2=O)c1. The molecule has 0 aromatic heterocycles. The zero-order valence-electron chi connectivity index (χ0n) is 17.0. The Balaban J connectivity index is 1.52. The molecule has 0 aliphatic carbocycles. The smallest absolute Gasteiger partial charge is 0.311 e. The minimum absolute atomic E-state index is 0.0911. The van der Waals surface area contributed by atoms with E-state index in [2.05, 4.69) is 5.32 Å². The van der Waals surface area contributed by atoms with Crippen LogP contribution in [0.1, 0.15) is 36.1 Å². The highest BCUT2D eigenvalue weighted by atomic mass is 16.5. The molecule has 0 bridgehead atoms. The Morgan fingerprint density at radius 2 is 1.79 bits per heavy atom. The molecular weight excluding hydrogens is 368 g/mol. The third-order valence-electron chi connectivity index (χ3n) is 5.00. The number of aryl methyl sites for hydroxylation is 2. The lowest BCUT2D eigenvalue weighted by atomic mass is 10.1. The first-order valence-corrected chi connectivity index (χ1v) is 9.73. The molecule has 6 heteroatoms. The van der Waals surface area contributed by atoms with Gasteiger partial charge in [0.05, 0.1) is 12.0 Å². The molecule has 2 amide bonds. The van der Waals surface area contributed by atoms with E-state index in [1.807, 2.05) is 69.3 Å². The van der Waals surface area contributed by atoms with Gasteiger partial charge < -0.3 is 15.0 Å². The summed E-state index contributed by atoms with van der Waals surface area (Å²) in [6, 6.07) is 15.2. The molecule has 6 nitrogen and oxygen atoms in total. The highest BCUT2D eigenvalue weighted by molar-refractivity contribution is 5.99. The molecule has 0 unspecified atom stereocenters. The molecule has 2 aromatic rings. The Morgan fingerprint density at radius 3 is 2.45 bits per heavy atom. The second kappa shape index (κ2) is 8.90. The molecule has 0 saturated carbocycles. The number of amides is 2. The number of carbonyl (C=O) groups is 3. The van der Waals surface area contributed by atoms with Gasteiger partial charge in [-0.25, -0.2) is 0 Å². The van der Waals surface area contributed by atoms with Crippen molar-refractivity contribution in [1.82, 2.24) is 5.32 Å². The summed E-state index contributed by atoms with van der Waals surface area (Å²) < 4.78 is 5.17. The number of rotatable bonds is 6. The number of hydrogen-bond acceptors (Lipinski definition) is 4. The van der Waals surface area contributed by atoms with Crippen LogP contribution in [-0.4, -0.2) is 30.9 Å². The molecule has 3 rings (SSSR count). The van der Waals surface area contributed by atoms with E-state index in [4.69, 9.17) is 4.74 Å². The lowest BCUT2D eigenvalue weighted by molar-refractivity contribution is -0.152. The fraction of sp³-hybridized carbons (Fsp3) is 0.348. The van der Waals surface area contributed by atoms with Gasteiger partial charge in [0.15, 0.2) is 6.61 Å².